The van der Waals surface area contributed by atoms with Crippen LogP contribution in [-0.4, -0.2) is 10.9 Å². The van der Waals surface area contributed by atoms with E-state index >= 15 is 0 Å². The highest BCUT2D eigenvalue weighted by Gasteiger charge is 2.08. The second kappa shape index (κ2) is 5.49. The summed E-state index contributed by atoms with van der Waals surface area (Å²) in [5, 5.41) is 5.10. The summed E-state index contributed by atoms with van der Waals surface area (Å²) < 4.78 is 0.869. The van der Waals surface area contributed by atoms with Gasteiger partial charge in [-0.25, -0.2) is 4.98 Å². The number of rotatable bonds is 3. The third-order valence-corrected chi connectivity index (χ3v) is 3.69. The average molecular weight is 326 g/mol. The van der Waals surface area contributed by atoms with Gasteiger partial charge in [-0.2, -0.15) is 0 Å². The fourth-order valence-corrected chi connectivity index (χ4v) is 2.64. The molecule has 2 rings (SSSR count). The first-order valence-electron chi connectivity index (χ1n) is 5.30. The first-order chi connectivity index (χ1) is 8.54. The highest BCUT2D eigenvalue weighted by molar-refractivity contribution is 9.10. The quantitative estimate of drug-likeness (QED) is 0.911. The summed E-state index contributed by atoms with van der Waals surface area (Å²) >= 11 is 4.75. The second-order valence-electron chi connectivity index (χ2n) is 3.89. The lowest BCUT2D eigenvalue weighted by Gasteiger charge is -2.07. The molecule has 0 saturated carbocycles. The van der Waals surface area contributed by atoms with Crippen molar-refractivity contribution >= 4 is 44.0 Å². The minimum atomic E-state index is -0.107. The molecule has 0 radical (unpaired) electrons. The van der Waals surface area contributed by atoms with Crippen LogP contribution in [0.3, 0.4) is 0 Å². The lowest BCUT2D eigenvalue weighted by Crippen LogP contribution is -2.15. The molecular weight excluding hydrogens is 314 g/mol. The summed E-state index contributed by atoms with van der Waals surface area (Å²) in [7, 11) is 0. The molecule has 1 heterocycles. The summed E-state index contributed by atoms with van der Waals surface area (Å²) in [5.74, 6) is -0.107. The van der Waals surface area contributed by atoms with E-state index in [0.29, 0.717) is 10.8 Å². The summed E-state index contributed by atoms with van der Waals surface area (Å²) in [5.41, 5.74) is 8.10. The number of amides is 1. The number of anilines is 2. The van der Waals surface area contributed by atoms with E-state index in [1.54, 1.807) is 5.38 Å². The Morgan fingerprint density at radius 2 is 2.33 bits per heavy atom. The van der Waals surface area contributed by atoms with Crippen molar-refractivity contribution in [3.63, 3.8) is 0 Å². The molecule has 0 fully saturated rings. The average Bonchev–Trinajstić information content (AvgIpc) is 2.68. The monoisotopic (exact) mass is 325 g/mol. The van der Waals surface area contributed by atoms with Gasteiger partial charge in [-0.15, -0.1) is 11.3 Å². The Labute approximate surface area is 117 Å². The smallest absolute Gasteiger partial charge is 0.230 e. The van der Waals surface area contributed by atoms with E-state index in [1.165, 1.54) is 11.3 Å². The molecule has 0 aliphatic carbocycles. The molecule has 18 heavy (non-hydrogen) atoms. The number of nitrogens with two attached hydrogens (primary N) is 1. The van der Waals surface area contributed by atoms with Crippen molar-refractivity contribution in [1.29, 1.82) is 0 Å². The number of carbonyl (C=O) groups excluding carboxylic acids is 1. The van der Waals surface area contributed by atoms with Gasteiger partial charge in [-0.1, -0.05) is 6.07 Å². The zero-order valence-corrected chi connectivity index (χ0v) is 12.1. The van der Waals surface area contributed by atoms with Gasteiger partial charge < -0.3 is 11.1 Å². The van der Waals surface area contributed by atoms with Crippen molar-refractivity contribution in [3.8, 4) is 0 Å². The Kier molecular flexibility index (Phi) is 3.98. The van der Waals surface area contributed by atoms with Crippen molar-refractivity contribution in [2.75, 3.05) is 11.1 Å². The van der Waals surface area contributed by atoms with Crippen molar-refractivity contribution in [2.45, 2.75) is 13.3 Å². The molecule has 3 N–H and O–H groups in total. The largest absolute Gasteiger partial charge is 0.375 e. The van der Waals surface area contributed by atoms with Gasteiger partial charge in [-0.3, -0.25) is 4.79 Å². The highest BCUT2D eigenvalue weighted by Crippen LogP contribution is 2.23. The van der Waals surface area contributed by atoms with E-state index in [0.717, 1.165) is 15.7 Å². The maximum Gasteiger partial charge on any atom is 0.230 e. The van der Waals surface area contributed by atoms with Crippen LogP contribution in [0, 0.1) is 6.92 Å². The van der Waals surface area contributed by atoms with Crippen LogP contribution >= 0.6 is 27.3 Å². The molecule has 0 aliphatic heterocycles. The molecule has 4 nitrogen and oxygen atoms in total. The molecule has 6 heteroatoms. The number of aromatic nitrogens is 1. The van der Waals surface area contributed by atoms with Gasteiger partial charge in [0, 0.05) is 9.85 Å². The maximum atomic E-state index is 11.8. The number of hydrogen-bond donors (Lipinski definition) is 2. The molecule has 0 saturated heterocycles. The topological polar surface area (TPSA) is 68.0 Å². The molecule has 0 bridgehead atoms. The summed E-state index contributed by atoms with van der Waals surface area (Å²) in [6.45, 7) is 1.99. The molecule has 94 valence electrons. The van der Waals surface area contributed by atoms with Crippen molar-refractivity contribution < 1.29 is 4.79 Å². The molecule has 0 atom stereocenters. The minimum absolute atomic E-state index is 0.107. The van der Waals surface area contributed by atoms with Crippen LogP contribution < -0.4 is 11.1 Å². The van der Waals surface area contributed by atoms with E-state index < -0.39 is 0 Å². The third kappa shape index (κ3) is 3.30. The predicted octanol–water partition coefficient (Wildman–Crippen LogP) is 2.98. The Bertz CT molecular complexity index is 582. The number of hydrogen-bond acceptors (Lipinski definition) is 4. The molecule has 0 spiro atoms. The number of nitrogen functional groups attached to an aromatic ring is 1. The molecule has 2 aromatic rings. The zero-order valence-electron chi connectivity index (χ0n) is 9.74. The first kappa shape index (κ1) is 13.0. The zero-order chi connectivity index (χ0) is 13.1. The fourth-order valence-electron chi connectivity index (χ4n) is 1.48. The highest BCUT2D eigenvalue weighted by atomic mass is 79.9. The van der Waals surface area contributed by atoms with Crippen molar-refractivity contribution in [1.82, 2.24) is 4.98 Å². The van der Waals surface area contributed by atoms with E-state index in [2.05, 4.69) is 26.2 Å². The van der Waals surface area contributed by atoms with Gasteiger partial charge in [-0.05, 0) is 40.5 Å². The Morgan fingerprint density at radius 1 is 1.56 bits per heavy atom. The summed E-state index contributed by atoms with van der Waals surface area (Å²) in [6.07, 6.45) is 0.230. The van der Waals surface area contributed by atoms with E-state index in [-0.39, 0.29) is 12.3 Å². The molecule has 0 unspecified atom stereocenters. The summed E-state index contributed by atoms with van der Waals surface area (Å²) in [6, 6.07) is 5.77. The number of thiazole rings is 1. The maximum absolute atomic E-state index is 11.8. The fraction of sp³-hybridized carbons (Fsp3) is 0.167. The molecule has 0 aliphatic rings. The second-order valence-corrected chi connectivity index (χ2v) is 5.63. The number of carbonyl (C=O) groups is 1. The first-order valence-corrected chi connectivity index (χ1v) is 6.98. The van der Waals surface area contributed by atoms with Crippen LogP contribution in [0.1, 0.15) is 11.3 Å². The lowest BCUT2D eigenvalue weighted by atomic mass is 10.2. The molecule has 1 amide bonds. The van der Waals surface area contributed by atoms with Crippen LogP contribution in [0.4, 0.5) is 10.8 Å². The van der Waals surface area contributed by atoms with Crippen LogP contribution in [-0.2, 0) is 11.2 Å². The number of benzene rings is 1. The SMILES string of the molecule is Cc1ccc(NC(=O)Cc2csc(N)n2)c(Br)c1. The van der Waals surface area contributed by atoms with Crippen LogP contribution in [0.2, 0.25) is 0 Å². The normalized spacial score (nSPS) is 10.3. The Hall–Kier alpha value is -1.40. The number of nitrogens with zero attached hydrogens (tertiary/aromatic N) is 1. The van der Waals surface area contributed by atoms with Crippen LogP contribution in [0.15, 0.2) is 28.1 Å². The van der Waals surface area contributed by atoms with Gasteiger partial charge >= 0.3 is 0 Å². The lowest BCUT2D eigenvalue weighted by molar-refractivity contribution is -0.115. The van der Waals surface area contributed by atoms with Crippen molar-refractivity contribution in [2.24, 2.45) is 0 Å². The van der Waals surface area contributed by atoms with Gasteiger partial charge in [0.1, 0.15) is 0 Å². The van der Waals surface area contributed by atoms with Gasteiger partial charge in [0.2, 0.25) is 5.91 Å². The number of halogens is 1. The Balaban J connectivity index is 2.03. The van der Waals surface area contributed by atoms with Gasteiger partial charge in [0.25, 0.3) is 0 Å². The van der Waals surface area contributed by atoms with Crippen molar-refractivity contribution in [3.05, 3.63) is 39.3 Å². The van der Waals surface area contributed by atoms with Gasteiger partial charge in [0.15, 0.2) is 5.13 Å². The van der Waals surface area contributed by atoms with E-state index in [9.17, 15) is 4.79 Å². The summed E-state index contributed by atoms with van der Waals surface area (Å²) in [4.78, 5) is 15.9. The van der Waals surface area contributed by atoms with Gasteiger partial charge in [0.05, 0.1) is 17.8 Å². The number of nitrogens with one attached hydrogen (secondary N) is 1. The number of aryl methyl sites for hydroxylation is 1. The molecule has 1 aromatic carbocycles. The van der Waals surface area contributed by atoms with Crippen LogP contribution in [0.5, 0.6) is 0 Å². The molecular formula is C12H12BrN3OS. The molecule has 1 aromatic heterocycles. The third-order valence-electron chi connectivity index (χ3n) is 2.31. The Morgan fingerprint density at radius 3 is 2.94 bits per heavy atom. The van der Waals surface area contributed by atoms with Crippen LogP contribution in [0.25, 0.3) is 0 Å². The van der Waals surface area contributed by atoms with E-state index in [4.69, 9.17) is 5.73 Å². The van der Waals surface area contributed by atoms with E-state index in [1.807, 2.05) is 25.1 Å². The minimum Gasteiger partial charge on any atom is -0.375 e. The standard InChI is InChI=1S/C12H12BrN3OS/c1-7-2-3-10(9(13)4-7)16-11(17)5-8-6-18-12(14)15-8/h2-4,6H,5H2,1H3,(H2,14,15)(H,16,17). The predicted molar refractivity (Wildman–Crippen MR) is 77.7 cm³/mol.